The van der Waals surface area contributed by atoms with Gasteiger partial charge < -0.3 is 9.64 Å². The summed E-state index contributed by atoms with van der Waals surface area (Å²) < 4.78 is 19.7. The standard InChI is InChI=1S/C7H10N4O/c1-3-12-4-2-11(1)7-9-5-8-6-10-7/h5-6H,1-4H2/i5D,6D. The van der Waals surface area contributed by atoms with Crippen molar-refractivity contribution in [1.82, 2.24) is 15.0 Å². The predicted molar refractivity (Wildman–Crippen MR) is 42.9 cm³/mol. The summed E-state index contributed by atoms with van der Waals surface area (Å²) in [5.41, 5.74) is 0. The number of anilines is 1. The Morgan fingerprint density at radius 1 is 1.33 bits per heavy atom. The fraction of sp³-hybridized carbons (Fsp3) is 0.571. The summed E-state index contributed by atoms with van der Waals surface area (Å²) in [6, 6.07) is 0. The van der Waals surface area contributed by atoms with Crippen molar-refractivity contribution in [1.29, 1.82) is 0 Å². The third-order valence-electron chi connectivity index (χ3n) is 1.69. The molecule has 0 aromatic carbocycles. The van der Waals surface area contributed by atoms with Crippen LogP contribution in [0.5, 0.6) is 0 Å². The predicted octanol–water partition coefficient (Wildman–Crippen LogP) is -0.292. The van der Waals surface area contributed by atoms with Crippen LogP contribution in [0.2, 0.25) is 0 Å². The normalized spacial score (nSPS) is 20.2. The Kier molecular flexibility index (Phi) is 1.56. The molecule has 0 saturated carbocycles. The minimum absolute atomic E-state index is 0.161. The molecule has 1 aliphatic rings. The van der Waals surface area contributed by atoms with Crippen molar-refractivity contribution in [2.24, 2.45) is 0 Å². The molecular formula is C7H10N4O. The molecule has 64 valence electrons. The summed E-state index contributed by atoms with van der Waals surface area (Å²) in [6.07, 6.45) is -0.321. The Hall–Kier alpha value is -1.23. The van der Waals surface area contributed by atoms with Gasteiger partial charge in [-0.05, 0) is 0 Å². The minimum atomic E-state index is -0.161. The Morgan fingerprint density at radius 3 is 2.67 bits per heavy atom. The second kappa shape index (κ2) is 3.44. The van der Waals surface area contributed by atoms with E-state index in [2.05, 4.69) is 15.0 Å². The van der Waals surface area contributed by atoms with Gasteiger partial charge in [0.15, 0.2) is 0 Å². The molecule has 2 heterocycles. The topological polar surface area (TPSA) is 51.1 Å². The van der Waals surface area contributed by atoms with Gasteiger partial charge in [0.1, 0.15) is 15.3 Å². The SMILES string of the molecule is [2H]c1nc([2H])nc(N2CCOCC2)n1. The molecule has 0 atom stereocenters. The van der Waals surface area contributed by atoms with E-state index < -0.39 is 0 Å². The van der Waals surface area contributed by atoms with E-state index in [9.17, 15) is 0 Å². The van der Waals surface area contributed by atoms with E-state index in [-0.39, 0.29) is 12.6 Å². The number of ether oxygens (including phenoxy) is 1. The number of hydrogen-bond acceptors (Lipinski definition) is 5. The van der Waals surface area contributed by atoms with Gasteiger partial charge in [-0.3, -0.25) is 0 Å². The van der Waals surface area contributed by atoms with Crippen molar-refractivity contribution < 1.29 is 7.48 Å². The highest BCUT2D eigenvalue weighted by atomic mass is 16.5. The third kappa shape index (κ3) is 1.50. The smallest absolute Gasteiger partial charge is 0.228 e. The average Bonchev–Trinajstić information content (AvgIpc) is 2.18. The van der Waals surface area contributed by atoms with Crippen LogP contribution in [0.4, 0.5) is 5.95 Å². The molecule has 1 aliphatic heterocycles. The quantitative estimate of drug-likeness (QED) is 0.576. The molecular weight excluding hydrogens is 156 g/mol. The van der Waals surface area contributed by atoms with Gasteiger partial charge in [0.05, 0.1) is 13.2 Å². The number of aromatic nitrogens is 3. The summed E-state index contributed by atoms with van der Waals surface area (Å²) in [6.45, 7) is 2.66. The lowest BCUT2D eigenvalue weighted by atomic mass is 10.4. The van der Waals surface area contributed by atoms with Crippen molar-refractivity contribution in [2.75, 3.05) is 31.2 Å². The molecule has 1 aromatic rings. The monoisotopic (exact) mass is 168 g/mol. The molecule has 12 heavy (non-hydrogen) atoms. The van der Waals surface area contributed by atoms with E-state index >= 15 is 0 Å². The molecule has 0 spiro atoms. The van der Waals surface area contributed by atoms with Crippen molar-refractivity contribution in [3.05, 3.63) is 12.6 Å². The summed E-state index contributed by atoms with van der Waals surface area (Å²) in [5.74, 6) is 0.401. The first-order chi connectivity index (χ1) is 6.75. The van der Waals surface area contributed by atoms with Gasteiger partial charge in [-0.15, -0.1) is 0 Å². The van der Waals surface area contributed by atoms with Gasteiger partial charge in [0, 0.05) is 13.1 Å². The largest absolute Gasteiger partial charge is 0.378 e. The third-order valence-corrected chi connectivity index (χ3v) is 1.69. The van der Waals surface area contributed by atoms with Crippen LogP contribution >= 0.6 is 0 Å². The van der Waals surface area contributed by atoms with E-state index in [0.717, 1.165) is 0 Å². The highest BCUT2D eigenvalue weighted by Crippen LogP contribution is 2.05. The minimum Gasteiger partial charge on any atom is -0.378 e. The van der Waals surface area contributed by atoms with Gasteiger partial charge in [-0.1, -0.05) is 0 Å². The molecule has 0 N–H and O–H groups in total. The van der Waals surface area contributed by atoms with Crippen LogP contribution in [0, 0.1) is 0 Å². The van der Waals surface area contributed by atoms with E-state index in [1.807, 2.05) is 4.90 Å². The lowest BCUT2D eigenvalue weighted by molar-refractivity contribution is 0.122. The van der Waals surface area contributed by atoms with E-state index in [4.69, 9.17) is 7.48 Å². The Labute approximate surface area is 73.2 Å². The first-order valence-electron chi connectivity index (χ1n) is 4.78. The molecule has 1 aromatic heterocycles. The Morgan fingerprint density at radius 2 is 2.00 bits per heavy atom. The second-order valence-electron chi connectivity index (χ2n) is 2.43. The maximum atomic E-state index is 7.26. The lowest BCUT2D eigenvalue weighted by Gasteiger charge is -2.26. The highest BCUT2D eigenvalue weighted by molar-refractivity contribution is 5.27. The van der Waals surface area contributed by atoms with Gasteiger partial charge in [-0.25, -0.2) is 15.0 Å². The van der Waals surface area contributed by atoms with Gasteiger partial charge >= 0.3 is 0 Å². The summed E-state index contributed by atoms with van der Waals surface area (Å²) in [5, 5.41) is 0. The first kappa shape index (κ1) is 5.42. The molecule has 5 heteroatoms. The first-order valence-corrected chi connectivity index (χ1v) is 3.78. The molecule has 1 fully saturated rings. The van der Waals surface area contributed by atoms with Gasteiger partial charge in [0.2, 0.25) is 5.95 Å². The van der Waals surface area contributed by atoms with Crippen LogP contribution in [0.25, 0.3) is 0 Å². The molecule has 0 unspecified atom stereocenters. The van der Waals surface area contributed by atoms with Crippen molar-refractivity contribution in [3.8, 4) is 0 Å². The average molecular weight is 168 g/mol. The summed E-state index contributed by atoms with van der Waals surface area (Å²) in [4.78, 5) is 13.1. The van der Waals surface area contributed by atoms with Crippen LogP contribution < -0.4 is 4.90 Å². The van der Waals surface area contributed by atoms with E-state index in [0.29, 0.717) is 32.3 Å². The van der Waals surface area contributed by atoms with Crippen LogP contribution in [0.3, 0.4) is 0 Å². The van der Waals surface area contributed by atoms with E-state index in [1.165, 1.54) is 0 Å². The fourth-order valence-corrected chi connectivity index (χ4v) is 1.09. The summed E-state index contributed by atoms with van der Waals surface area (Å²) >= 11 is 0. The maximum absolute atomic E-state index is 7.26. The number of morpholine rings is 1. The molecule has 5 nitrogen and oxygen atoms in total. The molecule has 0 bridgehead atoms. The Balaban J connectivity index is 2.21. The van der Waals surface area contributed by atoms with Crippen LogP contribution in [0.15, 0.2) is 12.6 Å². The molecule has 0 aliphatic carbocycles. The maximum Gasteiger partial charge on any atom is 0.228 e. The zero-order valence-corrected chi connectivity index (χ0v) is 6.53. The molecule has 0 amide bonds. The lowest BCUT2D eigenvalue weighted by Crippen LogP contribution is -2.37. The number of hydrogen-bond donors (Lipinski definition) is 0. The van der Waals surface area contributed by atoms with Crippen molar-refractivity contribution in [2.45, 2.75) is 0 Å². The number of nitrogens with zero attached hydrogens (tertiary/aromatic N) is 4. The van der Waals surface area contributed by atoms with Crippen LogP contribution in [-0.4, -0.2) is 41.3 Å². The zero-order chi connectivity index (χ0) is 9.97. The van der Waals surface area contributed by atoms with Gasteiger partial charge in [0.25, 0.3) is 0 Å². The highest BCUT2D eigenvalue weighted by Gasteiger charge is 2.12. The number of rotatable bonds is 1. The Bertz CT molecular complexity index is 309. The molecule has 2 rings (SSSR count). The molecule has 1 saturated heterocycles. The van der Waals surface area contributed by atoms with Crippen LogP contribution in [0.1, 0.15) is 2.74 Å². The zero-order valence-electron chi connectivity index (χ0n) is 8.53. The van der Waals surface area contributed by atoms with Gasteiger partial charge in [-0.2, -0.15) is 0 Å². The fourth-order valence-electron chi connectivity index (χ4n) is 1.09. The van der Waals surface area contributed by atoms with Crippen LogP contribution in [-0.2, 0) is 4.74 Å². The van der Waals surface area contributed by atoms with Crippen molar-refractivity contribution >= 4 is 5.95 Å². The van der Waals surface area contributed by atoms with Crippen molar-refractivity contribution in [3.63, 3.8) is 0 Å². The summed E-state index contributed by atoms with van der Waals surface area (Å²) in [7, 11) is 0. The molecule has 0 radical (unpaired) electrons. The second-order valence-corrected chi connectivity index (χ2v) is 2.43. The van der Waals surface area contributed by atoms with E-state index in [1.54, 1.807) is 0 Å².